The van der Waals surface area contributed by atoms with Crippen LogP contribution in [0.15, 0.2) is 176 Å². The van der Waals surface area contributed by atoms with Gasteiger partial charge in [-0.3, -0.25) is 0 Å². The summed E-state index contributed by atoms with van der Waals surface area (Å²) in [5.74, 6) is 0. The third-order valence-corrected chi connectivity index (χ3v) is 15.2. The average Bonchev–Trinajstić information content (AvgIpc) is 3.33. The van der Waals surface area contributed by atoms with Gasteiger partial charge in [0.15, 0.2) is 0 Å². The molecular formula is C68H74BN3. The first kappa shape index (κ1) is 48.8. The fraction of sp³-hybridized carbons (Fsp3) is 0.294. The highest BCUT2D eigenvalue weighted by Gasteiger charge is 2.45. The first-order chi connectivity index (χ1) is 33.9. The molecule has 2 aliphatic heterocycles. The van der Waals surface area contributed by atoms with Crippen molar-refractivity contribution in [2.24, 2.45) is 0 Å². The number of anilines is 9. The Morgan fingerprint density at radius 3 is 1.28 bits per heavy atom. The number of hydrogen-bond acceptors (Lipinski definition) is 3. The number of hydrogen-bond donors (Lipinski definition) is 0. The van der Waals surface area contributed by atoms with Gasteiger partial charge in [0.1, 0.15) is 0 Å². The van der Waals surface area contributed by atoms with Crippen LogP contribution < -0.4 is 31.1 Å². The minimum atomic E-state index is -0.145. The molecular weight excluding hydrogens is 870 g/mol. The third-order valence-electron chi connectivity index (χ3n) is 15.2. The molecule has 0 amide bonds. The van der Waals surface area contributed by atoms with Gasteiger partial charge in [-0.05, 0) is 131 Å². The zero-order valence-corrected chi connectivity index (χ0v) is 45.7. The molecule has 0 N–H and O–H groups in total. The van der Waals surface area contributed by atoms with Gasteiger partial charge in [0, 0.05) is 45.4 Å². The zero-order valence-electron chi connectivity index (χ0n) is 45.7. The summed E-state index contributed by atoms with van der Waals surface area (Å²) in [6, 6.07) is 67.4. The number of benzene rings is 8. The molecule has 8 aromatic rings. The van der Waals surface area contributed by atoms with Crippen LogP contribution in [0, 0.1) is 0 Å². The van der Waals surface area contributed by atoms with Crippen molar-refractivity contribution < 1.29 is 0 Å². The van der Waals surface area contributed by atoms with E-state index in [0.717, 1.165) is 17.1 Å². The second kappa shape index (κ2) is 17.5. The van der Waals surface area contributed by atoms with Crippen molar-refractivity contribution in [3.8, 4) is 11.1 Å². The van der Waals surface area contributed by atoms with Crippen molar-refractivity contribution >= 4 is 74.3 Å². The van der Waals surface area contributed by atoms with Crippen LogP contribution in [0.1, 0.15) is 132 Å². The highest BCUT2D eigenvalue weighted by molar-refractivity contribution is 7.00. The predicted octanol–water partition coefficient (Wildman–Crippen LogP) is 17.4. The molecule has 0 atom stereocenters. The van der Waals surface area contributed by atoms with Crippen LogP contribution in [0.3, 0.4) is 0 Å². The highest BCUT2D eigenvalue weighted by atomic mass is 15.2. The minimum absolute atomic E-state index is 0.00658. The number of para-hydroxylation sites is 3. The fourth-order valence-electron chi connectivity index (χ4n) is 11.2. The van der Waals surface area contributed by atoms with Crippen molar-refractivity contribution in [3.63, 3.8) is 0 Å². The van der Waals surface area contributed by atoms with E-state index >= 15 is 0 Å². The van der Waals surface area contributed by atoms with E-state index in [1.54, 1.807) is 0 Å². The Kier molecular flexibility index (Phi) is 11.8. The summed E-state index contributed by atoms with van der Waals surface area (Å²) in [5, 5.41) is 0. The average molecular weight is 944 g/mol. The molecule has 0 saturated carbocycles. The number of fused-ring (bicyclic) bond motifs is 4. The molecule has 0 fully saturated rings. The van der Waals surface area contributed by atoms with Crippen LogP contribution in [0.4, 0.5) is 51.2 Å². The lowest BCUT2D eigenvalue weighted by molar-refractivity contribution is 0.587. The highest BCUT2D eigenvalue weighted by Crippen LogP contribution is 2.52. The van der Waals surface area contributed by atoms with E-state index in [9.17, 15) is 0 Å². The van der Waals surface area contributed by atoms with Gasteiger partial charge in [0.2, 0.25) is 0 Å². The van der Waals surface area contributed by atoms with E-state index in [0.29, 0.717) is 0 Å². The Hall–Kier alpha value is -6.78. The zero-order chi connectivity index (χ0) is 51.3. The summed E-state index contributed by atoms with van der Waals surface area (Å²) in [7, 11) is 0. The van der Waals surface area contributed by atoms with E-state index in [1.165, 1.54) is 89.5 Å². The fourth-order valence-corrected chi connectivity index (χ4v) is 11.2. The molecule has 364 valence electrons. The standard InChI is InChI=1S/C68H74BN3/c1-64(2,3)46-33-37-49(38-34-46)70-59-39-35-47(65(4,5)6)41-54(59)69-55-42-48(66(7,8)9)36-40-60(55)72(56-30-22-19-27-51(56)45-25-17-16-18-26-45)62-44-50(43-61(70)63(62)69)71(57-31-23-20-28-52(57)67(10,11)12)58-32-24-21-29-53(58)68(13,14)15/h16-44H,1-15H3. The molecule has 4 heteroatoms. The van der Waals surface area contributed by atoms with Crippen LogP contribution in [0.5, 0.6) is 0 Å². The largest absolute Gasteiger partial charge is 0.311 e. The lowest BCUT2D eigenvalue weighted by Gasteiger charge is -2.46. The topological polar surface area (TPSA) is 9.72 Å². The summed E-state index contributed by atoms with van der Waals surface area (Å²) in [5.41, 5.74) is 23.1. The summed E-state index contributed by atoms with van der Waals surface area (Å²) in [4.78, 5) is 7.80. The molecule has 3 nitrogen and oxygen atoms in total. The van der Waals surface area contributed by atoms with Gasteiger partial charge in [-0.15, -0.1) is 0 Å². The Balaban J connectivity index is 1.41. The molecule has 2 heterocycles. The van der Waals surface area contributed by atoms with Crippen molar-refractivity contribution in [2.45, 2.75) is 131 Å². The Labute approximate surface area is 432 Å². The smallest absolute Gasteiger partial charge is 0.252 e. The van der Waals surface area contributed by atoms with E-state index in [1.807, 2.05) is 0 Å². The van der Waals surface area contributed by atoms with Gasteiger partial charge in [-0.1, -0.05) is 225 Å². The molecule has 2 aliphatic rings. The van der Waals surface area contributed by atoms with Gasteiger partial charge >= 0.3 is 0 Å². The molecule has 0 bridgehead atoms. The van der Waals surface area contributed by atoms with Gasteiger partial charge in [-0.25, -0.2) is 0 Å². The van der Waals surface area contributed by atoms with Gasteiger partial charge in [-0.2, -0.15) is 0 Å². The normalized spacial score (nSPS) is 13.7. The van der Waals surface area contributed by atoms with Crippen LogP contribution in [-0.4, -0.2) is 6.71 Å². The maximum absolute atomic E-state index is 2.62. The summed E-state index contributed by atoms with van der Waals surface area (Å²) in [6.45, 7) is 35.0. The van der Waals surface area contributed by atoms with Gasteiger partial charge < -0.3 is 14.7 Å². The number of rotatable bonds is 6. The van der Waals surface area contributed by atoms with Crippen molar-refractivity contribution in [1.29, 1.82) is 0 Å². The van der Waals surface area contributed by atoms with Crippen molar-refractivity contribution in [1.82, 2.24) is 0 Å². The molecule has 0 unspecified atom stereocenters. The molecule has 72 heavy (non-hydrogen) atoms. The maximum Gasteiger partial charge on any atom is 0.252 e. The quantitative estimate of drug-likeness (QED) is 0.154. The second-order valence-electron chi connectivity index (χ2n) is 25.6. The molecule has 10 rings (SSSR count). The molecule has 0 radical (unpaired) electrons. The maximum atomic E-state index is 2.62. The van der Waals surface area contributed by atoms with Crippen molar-refractivity contribution in [2.75, 3.05) is 14.7 Å². The second-order valence-corrected chi connectivity index (χ2v) is 25.6. The van der Waals surface area contributed by atoms with Gasteiger partial charge in [0.05, 0.1) is 11.4 Å². The van der Waals surface area contributed by atoms with Crippen LogP contribution in [0.25, 0.3) is 11.1 Å². The molecule has 0 saturated heterocycles. The van der Waals surface area contributed by atoms with E-state index in [4.69, 9.17) is 0 Å². The van der Waals surface area contributed by atoms with E-state index in [-0.39, 0.29) is 33.8 Å². The Bertz CT molecular complexity index is 3270. The molecule has 0 aromatic heterocycles. The Morgan fingerprint density at radius 2 is 0.778 bits per heavy atom. The Morgan fingerprint density at radius 1 is 0.347 bits per heavy atom. The van der Waals surface area contributed by atoms with Gasteiger partial charge in [0.25, 0.3) is 6.71 Å². The van der Waals surface area contributed by atoms with Crippen molar-refractivity contribution in [3.05, 3.63) is 204 Å². The van der Waals surface area contributed by atoms with E-state index < -0.39 is 0 Å². The van der Waals surface area contributed by atoms with Crippen LogP contribution >= 0.6 is 0 Å². The lowest BCUT2D eigenvalue weighted by atomic mass is 9.33. The third kappa shape index (κ3) is 8.65. The SMILES string of the molecule is CC(C)(C)c1ccc(N2c3ccc(C(C)(C)C)cc3B3c4cc(C(C)(C)C)ccc4N(c4ccccc4-c4ccccc4)c4cc(N(c5ccccc5C(C)(C)C)c5ccccc5C(C)(C)C)cc2c43)cc1. The first-order valence-corrected chi connectivity index (χ1v) is 26.2. The summed E-state index contributed by atoms with van der Waals surface area (Å²) < 4.78 is 0. The summed E-state index contributed by atoms with van der Waals surface area (Å²) in [6.07, 6.45) is 0. The first-order valence-electron chi connectivity index (χ1n) is 26.2. The van der Waals surface area contributed by atoms with Crippen LogP contribution in [0.2, 0.25) is 0 Å². The van der Waals surface area contributed by atoms with E-state index in [2.05, 4.69) is 294 Å². The molecule has 0 spiro atoms. The minimum Gasteiger partial charge on any atom is -0.311 e. The molecule has 0 aliphatic carbocycles. The predicted molar refractivity (Wildman–Crippen MR) is 314 cm³/mol. The molecule has 8 aromatic carbocycles. The monoisotopic (exact) mass is 944 g/mol. The lowest BCUT2D eigenvalue weighted by Crippen LogP contribution is -2.61. The van der Waals surface area contributed by atoms with Crippen LogP contribution in [-0.2, 0) is 27.1 Å². The summed E-state index contributed by atoms with van der Waals surface area (Å²) >= 11 is 0. The number of nitrogens with zero attached hydrogens (tertiary/aromatic N) is 3.